The SMILES string of the molecule is CCOC(=O)C1C2CC(C(C)=O)CC21. The van der Waals surface area contributed by atoms with Gasteiger partial charge in [0.05, 0.1) is 12.5 Å². The molecule has 0 bridgehead atoms. The topological polar surface area (TPSA) is 43.4 Å². The van der Waals surface area contributed by atoms with Crippen molar-refractivity contribution in [2.75, 3.05) is 6.61 Å². The van der Waals surface area contributed by atoms with Crippen LogP contribution >= 0.6 is 0 Å². The summed E-state index contributed by atoms with van der Waals surface area (Å²) in [6.07, 6.45) is 1.81. The Kier molecular flexibility index (Phi) is 2.33. The predicted octanol–water partition coefficient (Wildman–Crippen LogP) is 1.41. The fourth-order valence-corrected chi connectivity index (χ4v) is 2.76. The molecular formula is C11H16O3. The molecule has 2 saturated carbocycles. The average molecular weight is 196 g/mol. The van der Waals surface area contributed by atoms with Crippen molar-refractivity contribution >= 4 is 11.8 Å². The van der Waals surface area contributed by atoms with Crippen molar-refractivity contribution in [1.29, 1.82) is 0 Å². The van der Waals surface area contributed by atoms with E-state index in [1.807, 2.05) is 6.92 Å². The number of fused-ring (bicyclic) bond motifs is 1. The molecule has 0 aromatic carbocycles. The summed E-state index contributed by atoms with van der Waals surface area (Å²) in [5, 5.41) is 0. The molecule has 78 valence electrons. The van der Waals surface area contributed by atoms with Gasteiger partial charge in [0.1, 0.15) is 5.78 Å². The Balaban J connectivity index is 1.85. The zero-order chi connectivity index (χ0) is 10.3. The lowest BCUT2D eigenvalue weighted by atomic mass is 9.96. The molecule has 0 radical (unpaired) electrons. The van der Waals surface area contributed by atoms with E-state index in [0.29, 0.717) is 18.4 Å². The molecule has 0 aliphatic heterocycles. The van der Waals surface area contributed by atoms with Crippen molar-refractivity contribution in [3.05, 3.63) is 0 Å². The van der Waals surface area contributed by atoms with Gasteiger partial charge in [0.15, 0.2) is 0 Å². The molecule has 0 aromatic heterocycles. The molecule has 2 aliphatic carbocycles. The van der Waals surface area contributed by atoms with Gasteiger partial charge in [-0.05, 0) is 38.5 Å². The van der Waals surface area contributed by atoms with Crippen molar-refractivity contribution in [1.82, 2.24) is 0 Å². The molecule has 2 fully saturated rings. The standard InChI is InChI=1S/C11H16O3/c1-3-14-11(13)10-8-4-7(6(2)12)5-9(8)10/h7-10H,3-5H2,1-2H3. The number of carbonyl (C=O) groups excluding carboxylic acids is 2. The number of hydrogen-bond donors (Lipinski definition) is 0. The van der Waals surface area contributed by atoms with Crippen LogP contribution in [-0.4, -0.2) is 18.4 Å². The zero-order valence-corrected chi connectivity index (χ0v) is 8.66. The molecule has 0 N–H and O–H groups in total. The molecule has 3 heteroatoms. The molecule has 3 nitrogen and oxygen atoms in total. The van der Waals surface area contributed by atoms with Crippen molar-refractivity contribution < 1.29 is 14.3 Å². The van der Waals surface area contributed by atoms with Gasteiger partial charge in [0.2, 0.25) is 0 Å². The molecule has 14 heavy (non-hydrogen) atoms. The summed E-state index contributed by atoms with van der Waals surface area (Å²) in [5.74, 6) is 1.46. The van der Waals surface area contributed by atoms with Crippen LogP contribution in [0.4, 0.5) is 0 Å². The third-order valence-corrected chi connectivity index (χ3v) is 3.58. The number of ether oxygens (including phenoxy) is 1. The molecule has 2 unspecified atom stereocenters. The quantitative estimate of drug-likeness (QED) is 0.641. The van der Waals surface area contributed by atoms with Gasteiger partial charge < -0.3 is 4.74 Å². The maximum absolute atomic E-state index is 11.4. The number of hydrogen-bond acceptors (Lipinski definition) is 3. The third kappa shape index (κ3) is 1.45. The van der Waals surface area contributed by atoms with Gasteiger partial charge in [-0.15, -0.1) is 0 Å². The van der Waals surface area contributed by atoms with E-state index >= 15 is 0 Å². The van der Waals surface area contributed by atoms with Crippen molar-refractivity contribution in [3.63, 3.8) is 0 Å². The molecule has 2 aliphatic rings. The lowest BCUT2D eigenvalue weighted by Gasteiger charge is -2.09. The normalized spacial score (nSPS) is 39.0. The Labute approximate surface area is 83.8 Å². The largest absolute Gasteiger partial charge is 0.466 e. The maximum Gasteiger partial charge on any atom is 0.309 e. The van der Waals surface area contributed by atoms with E-state index in [9.17, 15) is 9.59 Å². The second kappa shape index (κ2) is 3.37. The average Bonchev–Trinajstić information content (AvgIpc) is 2.62. The highest BCUT2D eigenvalue weighted by atomic mass is 16.5. The van der Waals surface area contributed by atoms with E-state index in [2.05, 4.69) is 0 Å². The Morgan fingerprint density at radius 1 is 1.29 bits per heavy atom. The van der Waals surface area contributed by atoms with Crippen LogP contribution in [0.1, 0.15) is 26.7 Å². The van der Waals surface area contributed by atoms with Crippen LogP contribution in [0, 0.1) is 23.7 Å². The number of Topliss-reactive ketones (excluding diaryl/α,β-unsaturated/α-hetero) is 1. The first kappa shape index (κ1) is 9.69. The first-order valence-corrected chi connectivity index (χ1v) is 5.32. The summed E-state index contributed by atoms with van der Waals surface area (Å²) in [6, 6.07) is 0. The minimum atomic E-state index is -0.0514. The zero-order valence-electron chi connectivity index (χ0n) is 8.66. The fraction of sp³-hybridized carbons (Fsp3) is 0.818. The van der Waals surface area contributed by atoms with Gasteiger partial charge in [-0.1, -0.05) is 0 Å². The minimum Gasteiger partial charge on any atom is -0.466 e. The lowest BCUT2D eigenvalue weighted by molar-refractivity contribution is -0.146. The van der Waals surface area contributed by atoms with Gasteiger partial charge in [-0.25, -0.2) is 0 Å². The summed E-state index contributed by atoms with van der Waals surface area (Å²) < 4.78 is 4.97. The van der Waals surface area contributed by atoms with E-state index in [1.54, 1.807) is 6.92 Å². The summed E-state index contributed by atoms with van der Waals surface area (Å²) in [5.41, 5.74) is 0. The summed E-state index contributed by atoms with van der Waals surface area (Å²) in [4.78, 5) is 22.5. The highest BCUT2D eigenvalue weighted by molar-refractivity contribution is 5.81. The second-order valence-corrected chi connectivity index (χ2v) is 4.38. The molecule has 2 atom stereocenters. The Hall–Kier alpha value is -0.860. The second-order valence-electron chi connectivity index (χ2n) is 4.38. The third-order valence-electron chi connectivity index (χ3n) is 3.58. The molecule has 0 saturated heterocycles. The number of esters is 1. The highest BCUT2D eigenvalue weighted by Crippen LogP contribution is 2.60. The van der Waals surface area contributed by atoms with E-state index in [-0.39, 0.29) is 23.6 Å². The van der Waals surface area contributed by atoms with Gasteiger partial charge in [-0.3, -0.25) is 9.59 Å². The van der Waals surface area contributed by atoms with Crippen molar-refractivity contribution in [2.45, 2.75) is 26.7 Å². The smallest absolute Gasteiger partial charge is 0.309 e. The van der Waals surface area contributed by atoms with Crippen molar-refractivity contribution in [2.24, 2.45) is 23.7 Å². The van der Waals surface area contributed by atoms with Gasteiger partial charge in [-0.2, -0.15) is 0 Å². The van der Waals surface area contributed by atoms with E-state index in [1.165, 1.54) is 0 Å². The van der Waals surface area contributed by atoms with Crippen LogP contribution in [0.3, 0.4) is 0 Å². The minimum absolute atomic E-state index is 0.0514. The number of rotatable bonds is 3. The van der Waals surface area contributed by atoms with Gasteiger partial charge in [0, 0.05) is 5.92 Å². The van der Waals surface area contributed by atoms with Crippen LogP contribution in [0.25, 0.3) is 0 Å². The Morgan fingerprint density at radius 3 is 2.29 bits per heavy atom. The molecular weight excluding hydrogens is 180 g/mol. The lowest BCUT2D eigenvalue weighted by Crippen LogP contribution is -2.15. The van der Waals surface area contributed by atoms with Crippen molar-refractivity contribution in [3.8, 4) is 0 Å². The van der Waals surface area contributed by atoms with Gasteiger partial charge in [0.25, 0.3) is 0 Å². The number of ketones is 1. The first-order valence-electron chi connectivity index (χ1n) is 5.32. The van der Waals surface area contributed by atoms with Gasteiger partial charge >= 0.3 is 5.97 Å². The Bertz CT molecular complexity index is 260. The van der Waals surface area contributed by atoms with E-state index in [0.717, 1.165) is 12.8 Å². The van der Waals surface area contributed by atoms with E-state index in [4.69, 9.17) is 4.74 Å². The first-order chi connectivity index (χ1) is 6.65. The van der Waals surface area contributed by atoms with Crippen LogP contribution < -0.4 is 0 Å². The van der Waals surface area contributed by atoms with Crippen LogP contribution in [-0.2, 0) is 14.3 Å². The van der Waals surface area contributed by atoms with Crippen LogP contribution in [0.15, 0.2) is 0 Å². The van der Waals surface area contributed by atoms with E-state index < -0.39 is 0 Å². The summed E-state index contributed by atoms with van der Waals surface area (Å²) in [6.45, 7) is 3.94. The molecule has 0 spiro atoms. The fourth-order valence-electron chi connectivity index (χ4n) is 2.76. The highest BCUT2D eigenvalue weighted by Gasteiger charge is 2.60. The monoisotopic (exact) mass is 196 g/mol. The maximum atomic E-state index is 11.4. The predicted molar refractivity (Wildman–Crippen MR) is 50.5 cm³/mol. The molecule has 2 rings (SSSR count). The van der Waals surface area contributed by atoms with Crippen LogP contribution in [0.2, 0.25) is 0 Å². The molecule has 0 heterocycles. The van der Waals surface area contributed by atoms with Crippen LogP contribution in [0.5, 0.6) is 0 Å². The molecule has 0 aromatic rings. The molecule has 0 amide bonds. The summed E-state index contributed by atoms with van der Waals surface area (Å²) in [7, 11) is 0. The summed E-state index contributed by atoms with van der Waals surface area (Å²) >= 11 is 0. The number of carbonyl (C=O) groups is 2. The Morgan fingerprint density at radius 2 is 1.86 bits per heavy atom.